The highest BCUT2D eigenvalue weighted by Gasteiger charge is 2.20. The van der Waals surface area contributed by atoms with Crippen LogP contribution in [0.4, 0.5) is 0 Å². The van der Waals surface area contributed by atoms with Crippen LogP contribution in [0.25, 0.3) is 0 Å². The first-order valence-corrected chi connectivity index (χ1v) is 11.1. The van der Waals surface area contributed by atoms with Gasteiger partial charge in [-0.15, -0.1) is 0 Å². The van der Waals surface area contributed by atoms with Gasteiger partial charge in [-0.25, -0.2) is 0 Å². The molecule has 0 aromatic heterocycles. The Hall–Kier alpha value is -1.10. The van der Waals surface area contributed by atoms with Crippen LogP contribution in [0.3, 0.4) is 0 Å². The Morgan fingerprint density at radius 2 is 1.22 bits per heavy atom. The molecule has 0 amide bonds. The molecule has 160 valence electrons. The van der Waals surface area contributed by atoms with E-state index in [4.69, 9.17) is 15.6 Å². The number of hydrogen-bond acceptors (Lipinski definition) is 4. The molecular formula is C22H43NO4. The van der Waals surface area contributed by atoms with Gasteiger partial charge in [0.1, 0.15) is 6.04 Å². The quantitative estimate of drug-likeness (QED) is 0.223. The van der Waals surface area contributed by atoms with E-state index in [0.717, 1.165) is 19.3 Å². The summed E-state index contributed by atoms with van der Waals surface area (Å²) < 4.78 is 5.20. The first kappa shape index (κ1) is 25.9. The summed E-state index contributed by atoms with van der Waals surface area (Å²) in [7, 11) is 0. The van der Waals surface area contributed by atoms with Crippen molar-refractivity contribution in [2.24, 2.45) is 5.73 Å². The second kappa shape index (κ2) is 18.3. The minimum Gasteiger partial charge on any atom is -0.481 e. The molecule has 0 aromatic rings. The van der Waals surface area contributed by atoms with Crippen LogP contribution in [0, 0.1) is 0 Å². The first-order chi connectivity index (χ1) is 13.0. The second-order valence-electron chi connectivity index (χ2n) is 7.84. The Labute approximate surface area is 166 Å². The molecule has 0 aliphatic rings. The van der Waals surface area contributed by atoms with Gasteiger partial charge in [-0.3, -0.25) is 9.59 Å². The van der Waals surface area contributed by atoms with Gasteiger partial charge in [-0.1, -0.05) is 90.4 Å². The molecule has 5 heteroatoms. The van der Waals surface area contributed by atoms with Crippen LogP contribution < -0.4 is 5.73 Å². The van der Waals surface area contributed by atoms with Crippen LogP contribution in [0.15, 0.2) is 0 Å². The van der Waals surface area contributed by atoms with Gasteiger partial charge in [0, 0.05) is 0 Å². The molecule has 0 fully saturated rings. The molecule has 1 unspecified atom stereocenters. The van der Waals surface area contributed by atoms with E-state index in [0.29, 0.717) is 0 Å². The second-order valence-corrected chi connectivity index (χ2v) is 7.84. The number of carbonyl (C=O) groups is 2. The van der Waals surface area contributed by atoms with Gasteiger partial charge in [0.25, 0.3) is 0 Å². The van der Waals surface area contributed by atoms with E-state index in [-0.39, 0.29) is 12.5 Å². The Kier molecular flexibility index (Phi) is 17.5. The van der Waals surface area contributed by atoms with Crippen LogP contribution in [0.5, 0.6) is 0 Å². The lowest BCUT2D eigenvalue weighted by Gasteiger charge is -2.15. The molecule has 3 N–H and O–H groups in total. The average Bonchev–Trinajstić information content (AvgIpc) is 2.61. The first-order valence-electron chi connectivity index (χ1n) is 11.1. The summed E-state index contributed by atoms with van der Waals surface area (Å²) >= 11 is 0. The minimum atomic E-state index is -1.08. The number of ether oxygens (including phenoxy) is 1. The van der Waals surface area contributed by atoms with E-state index in [1.807, 2.05) is 6.92 Å². The molecule has 0 radical (unpaired) electrons. The van der Waals surface area contributed by atoms with Crippen LogP contribution in [-0.2, 0) is 14.3 Å². The summed E-state index contributed by atoms with van der Waals surface area (Å²) in [6, 6.07) is -1.07. The van der Waals surface area contributed by atoms with E-state index in [2.05, 4.69) is 6.92 Å². The van der Waals surface area contributed by atoms with Gasteiger partial charge in [0.15, 0.2) is 0 Å². The van der Waals surface area contributed by atoms with Gasteiger partial charge in [-0.2, -0.15) is 0 Å². The number of carbonyl (C=O) groups excluding carboxylic acids is 1. The van der Waals surface area contributed by atoms with E-state index < -0.39 is 18.0 Å². The van der Waals surface area contributed by atoms with Crippen LogP contribution in [0.2, 0.25) is 0 Å². The topological polar surface area (TPSA) is 89.6 Å². The Balaban J connectivity index is 3.36. The number of esters is 1. The van der Waals surface area contributed by atoms with Gasteiger partial charge in [0.05, 0.1) is 12.5 Å². The minimum absolute atomic E-state index is 0.199. The molecule has 0 rings (SSSR count). The smallest absolute Gasteiger partial charge is 0.323 e. The monoisotopic (exact) mass is 385 g/mol. The van der Waals surface area contributed by atoms with Crippen LogP contribution >= 0.6 is 0 Å². The van der Waals surface area contributed by atoms with Crippen molar-refractivity contribution >= 4 is 11.9 Å². The number of carboxylic acids is 1. The Morgan fingerprint density at radius 1 is 0.815 bits per heavy atom. The van der Waals surface area contributed by atoms with Crippen molar-refractivity contribution in [3.05, 3.63) is 0 Å². The zero-order valence-corrected chi connectivity index (χ0v) is 17.7. The van der Waals surface area contributed by atoms with Crippen molar-refractivity contribution in [1.29, 1.82) is 0 Å². The summed E-state index contributed by atoms with van der Waals surface area (Å²) in [6.45, 7) is 4.10. The van der Waals surface area contributed by atoms with Crippen LogP contribution in [-0.4, -0.2) is 29.2 Å². The van der Waals surface area contributed by atoms with E-state index in [9.17, 15) is 9.59 Å². The van der Waals surface area contributed by atoms with Gasteiger partial charge < -0.3 is 15.6 Å². The number of rotatable bonds is 19. The summed E-state index contributed by atoms with van der Waals surface area (Å²) in [5.41, 5.74) is 5.49. The number of hydrogen-bond donors (Lipinski definition) is 2. The summed E-state index contributed by atoms with van der Waals surface area (Å²) in [5.74, 6) is -1.70. The predicted octanol–water partition coefficient (Wildman–Crippen LogP) is 5.59. The summed E-state index contributed by atoms with van der Waals surface area (Å²) in [6.07, 6.45) is 18.7. The lowest BCUT2D eigenvalue weighted by Crippen LogP contribution is -2.36. The number of nitrogens with two attached hydrogens (primary N) is 1. The molecule has 0 aliphatic heterocycles. The van der Waals surface area contributed by atoms with Crippen molar-refractivity contribution in [3.63, 3.8) is 0 Å². The molecule has 27 heavy (non-hydrogen) atoms. The predicted molar refractivity (Wildman–Crippen MR) is 111 cm³/mol. The number of aliphatic carboxylic acids is 1. The van der Waals surface area contributed by atoms with Crippen LogP contribution in [0.1, 0.15) is 117 Å². The fraction of sp³-hybridized carbons (Fsp3) is 0.909. The fourth-order valence-electron chi connectivity index (χ4n) is 3.24. The molecule has 0 saturated carbocycles. The molecule has 0 spiro atoms. The maximum absolute atomic E-state index is 11.6. The van der Waals surface area contributed by atoms with Gasteiger partial charge in [-0.05, 0) is 19.8 Å². The third kappa shape index (κ3) is 18.0. The van der Waals surface area contributed by atoms with E-state index >= 15 is 0 Å². The highest BCUT2D eigenvalue weighted by molar-refractivity contribution is 5.81. The fourth-order valence-corrected chi connectivity index (χ4v) is 3.24. The highest BCUT2D eigenvalue weighted by Crippen LogP contribution is 2.14. The number of unbranched alkanes of at least 4 members (excludes halogenated alkanes) is 13. The van der Waals surface area contributed by atoms with Crippen molar-refractivity contribution in [2.45, 2.75) is 129 Å². The molecule has 0 bridgehead atoms. The van der Waals surface area contributed by atoms with Gasteiger partial charge in [0.2, 0.25) is 0 Å². The largest absolute Gasteiger partial charge is 0.481 e. The number of carboxylic acid groups (broad SMARTS) is 1. The van der Waals surface area contributed by atoms with Crippen molar-refractivity contribution in [2.75, 3.05) is 0 Å². The van der Waals surface area contributed by atoms with Crippen molar-refractivity contribution < 1.29 is 19.4 Å². The molecular weight excluding hydrogens is 342 g/mol. The van der Waals surface area contributed by atoms with Crippen molar-refractivity contribution in [1.82, 2.24) is 0 Å². The maximum Gasteiger partial charge on any atom is 0.323 e. The Morgan fingerprint density at radius 3 is 1.63 bits per heavy atom. The standard InChI is InChI=1S/C22H43NO4/c1-3-4-5-6-7-8-9-10-11-12-13-14-15-16-17-19(2)27-22(26)20(23)18-21(24)25/h19-20H,3-18,23H2,1-2H3,(H,24,25)/t19?,20-/m0/s1. The maximum atomic E-state index is 11.6. The normalized spacial score (nSPS) is 13.3. The van der Waals surface area contributed by atoms with Gasteiger partial charge >= 0.3 is 11.9 Å². The lowest BCUT2D eigenvalue weighted by molar-refractivity contribution is -0.153. The zero-order chi connectivity index (χ0) is 20.3. The van der Waals surface area contributed by atoms with Crippen molar-refractivity contribution in [3.8, 4) is 0 Å². The molecule has 0 saturated heterocycles. The third-order valence-electron chi connectivity index (χ3n) is 4.98. The van der Waals surface area contributed by atoms with E-state index in [1.165, 1.54) is 77.0 Å². The zero-order valence-electron chi connectivity index (χ0n) is 17.7. The highest BCUT2D eigenvalue weighted by atomic mass is 16.5. The third-order valence-corrected chi connectivity index (χ3v) is 4.98. The molecule has 0 aromatic carbocycles. The molecule has 0 heterocycles. The average molecular weight is 386 g/mol. The molecule has 0 aliphatic carbocycles. The summed E-state index contributed by atoms with van der Waals surface area (Å²) in [4.78, 5) is 22.2. The lowest BCUT2D eigenvalue weighted by atomic mass is 10.0. The molecule has 5 nitrogen and oxygen atoms in total. The SMILES string of the molecule is CCCCCCCCCCCCCCCCC(C)OC(=O)[C@@H](N)CC(=O)O. The Bertz CT molecular complexity index is 373. The van der Waals surface area contributed by atoms with E-state index in [1.54, 1.807) is 0 Å². The summed E-state index contributed by atoms with van der Waals surface area (Å²) in [5, 5.41) is 8.62. The molecule has 2 atom stereocenters.